The number of aromatic nitrogens is 2. The van der Waals surface area contributed by atoms with E-state index >= 15 is 0 Å². The van der Waals surface area contributed by atoms with E-state index in [-0.39, 0.29) is 17.3 Å². The molecule has 0 aliphatic heterocycles. The Kier molecular flexibility index (Phi) is 3.38. The van der Waals surface area contributed by atoms with Gasteiger partial charge in [-0.25, -0.2) is 0 Å². The smallest absolute Gasteiger partial charge is 0.270 e. The molecule has 31 heavy (non-hydrogen) atoms. The molecular weight excluding hydrogens is 396 g/mol. The van der Waals surface area contributed by atoms with E-state index in [0.29, 0.717) is 0 Å². The Hall–Kier alpha value is -4.46. The third-order valence-electron chi connectivity index (χ3n) is 6.08. The second kappa shape index (κ2) is 6.02. The summed E-state index contributed by atoms with van der Waals surface area (Å²) in [7, 11) is 0. The second-order valence-corrected chi connectivity index (χ2v) is 7.65. The van der Waals surface area contributed by atoms with Crippen LogP contribution in [-0.4, -0.2) is 19.8 Å². The molecule has 2 heterocycles. The highest BCUT2D eigenvalue weighted by molar-refractivity contribution is 5.99. The number of hydrogen-bond donors (Lipinski definition) is 2. The monoisotopic (exact) mass is 410 g/mol. The Morgan fingerprint density at radius 3 is 2.19 bits per heavy atom. The lowest BCUT2D eigenvalue weighted by Crippen LogP contribution is -1.99. The maximum Gasteiger partial charge on any atom is 0.270 e. The van der Waals surface area contributed by atoms with Gasteiger partial charge in [-0.15, -0.1) is 0 Å². The number of non-ortho nitro benzene ring substituents is 2. The molecule has 1 unspecified atom stereocenters. The number of nitrogens with one attached hydrogen (secondary N) is 2. The Balaban J connectivity index is 1.68. The van der Waals surface area contributed by atoms with Crippen LogP contribution < -0.4 is 0 Å². The van der Waals surface area contributed by atoms with Crippen molar-refractivity contribution in [2.24, 2.45) is 0 Å². The van der Waals surface area contributed by atoms with Crippen molar-refractivity contribution in [2.45, 2.75) is 5.92 Å². The minimum Gasteiger partial charge on any atom is -0.361 e. The zero-order valence-corrected chi connectivity index (χ0v) is 16.0. The van der Waals surface area contributed by atoms with Gasteiger partial charge in [-0.2, -0.15) is 0 Å². The van der Waals surface area contributed by atoms with Gasteiger partial charge >= 0.3 is 0 Å². The van der Waals surface area contributed by atoms with Crippen molar-refractivity contribution < 1.29 is 9.85 Å². The van der Waals surface area contributed by atoms with Gasteiger partial charge < -0.3 is 9.97 Å². The summed E-state index contributed by atoms with van der Waals surface area (Å²) in [6.45, 7) is 0. The van der Waals surface area contributed by atoms with Crippen LogP contribution in [0.3, 0.4) is 0 Å². The molecule has 1 atom stereocenters. The first kappa shape index (κ1) is 17.4. The minimum absolute atomic E-state index is 0.0226. The van der Waals surface area contributed by atoms with Gasteiger partial charge in [0.1, 0.15) is 0 Å². The van der Waals surface area contributed by atoms with Gasteiger partial charge in [-0.3, -0.25) is 20.2 Å². The third kappa shape index (κ3) is 2.35. The van der Waals surface area contributed by atoms with Crippen LogP contribution in [0, 0.1) is 20.2 Å². The molecule has 1 aliphatic carbocycles. The van der Waals surface area contributed by atoms with Crippen molar-refractivity contribution in [1.82, 2.24) is 9.97 Å². The predicted molar refractivity (Wildman–Crippen MR) is 116 cm³/mol. The van der Waals surface area contributed by atoms with E-state index < -0.39 is 9.85 Å². The molecule has 3 aromatic carbocycles. The maximum absolute atomic E-state index is 11.4. The Morgan fingerprint density at radius 1 is 0.774 bits per heavy atom. The van der Waals surface area contributed by atoms with Crippen molar-refractivity contribution in [3.8, 4) is 11.3 Å². The zero-order valence-electron chi connectivity index (χ0n) is 16.0. The largest absolute Gasteiger partial charge is 0.361 e. The number of nitrogens with zero attached hydrogens (tertiary/aromatic N) is 2. The summed E-state index contributed by atoms with van der Waals surface area (Å²) in [6, 6.07) is 17.6. The topological polar surface area (TPSA) is 118 Å². The number of hydrogen-bond acceptors (Lipinski definition) is 4. The van der Waals surface area contributed by atoms with Crippen LogP contribution in [-0.2, 0) is 0 Å². The molecule has 0 saturated carbocycles. The van der Waals surface area contributed by atoms with Crippen LogP contribution in [0.5, 0.6) is 0 Å². The predicted octanol–water partition coefficient (Wildman–Crippen LogP) is 5.63. The summed E-state index contributed by atoms with van der Waals surface area (Å²) in [5.74, 6) is -0.210. The molecule has 6 rings (SSSR count). The summed E-state index contributed by atoms with van der Waals surface area (Å²) in [5, 5.41) is 24.3. The maximum atomic E-state index is 11.4. The van der Waals surface area contributed by atoms with Gasteiger partial charge in [0, 0.05) is 63.7 Å². The lowest BCUT2D eigenvalue weighted by Gasteiger charge is -2.13. The van der Waals surface area contributed by atoms with Gasteiger partial charge in [0.05, 0.1) is 15.5 Å². The third-order valence-corrected chi connectivity index (χ3v) is 6.08. The molecule has 0 saturated heterocycles. The van der Waals surface area contributed by atoms with Crippen molar-refractivity contribution in [1.29, 1.82) is 0 Å². The average Bonchev–Trinajstić information content (AvgIpc) is 3.43. The fourth-order valence-electron chi connectivity index (χ4n) is 4.76. The first-order valence-corrected chi connectivity index (χ1v) is 9.67. The molecule has 8 heteroatoms. The first-order chi connectivity index (χ1) is 15.0. The molecule has 0 amide bonds. The zero-order chi connectivity index (χ0) is 21.3. The lowest BCUT2D eigenvalue weighted by atomic mass is 9.88. The standard InChI is InChI=1S/C23H14N4O4/c28-26(29)12-5-7-19-16(9-12)18(11-24-19)21-14-3-1-2-4-15(14)23-22(21)17-10-13(27(30)31)6-8-20(17)25-23/h1-11,21,24-25H. The van der Waals surface area contributed by atoms with Crippen LogP contribution in [0.1, 0.15) is 22.6 Å². The van der Waals surface area contributed by atoms with E-state index in [1.807, 2.05) is 30.5 Å². The fraction of sp³-hybridized carbons (Fsp3) is 0.0435. The number of aromatic amines is 2. The first-order valence-electron chi connectivity index (χ1n) is 9.67. The van der Waals surface area contributed by atoms with Crippen LogP contribution in [0.25, 0.3) is 33.1 Å². The van der Waals surface area contributed by atoms with E-state index in [1.54, 1.807) is 24.3 Å². The van der Waals surface area contributed by atoms with E-state index in [1.165, 1.54) is 12.1 Å². The van der Waals surface area contributed by atoms with E-state index in [9.17, 15) is 20.2 Å². The summed E-state index contributed by atoms with van der Waals surface area (Å²) in [5.41, 5.74) is 6.54. The number of benzene rings is 3. The van der Waals surface area contributed by atoms with Gasteiger partial charge in [0.2, 0.25) is 0 Å². The average molecular weight is 410 g/mol. The van der Waals surface area contributed by atoms with Crippen LogP contribution in [0.4, 0.5) is 11.4 Å². The highest BCUT2D eigenvalue weighted by atomic mass is 16.6. The number of nitro groups is 2. The fourth-order valence-corrected chi connectivity index (χ4v) is 4.76. The summed E-state index contributed by atoms with van der Waals surface area (Å²) >= 11 is 0. The molecule has 0 fully saturated rings. The van der Waals surface area contributed by atoms with Crippen molar-refractivity contribution in [3.63, 3.8) is 0 Å². The normalized spacial score (nSPS) is 14.6. The van der Waals surface area contributed by atoms with Crippen LogP contribution in [0.2, 0.25) is 0 Å². The summed E-state index contributed by atoms with van der Waals surface area (Å²) in [4.78, 5) is 28.6. The molecule has 150 valence electrons. The van der Waals surface area contributed by atoms with E-state index in [0.717, 1.165) is 49.8 Å². The van der Waals surface area contributed by atoms with Crippen molar-refractivity contribution in [2.75, 3.05) is 0 Å². The van der Waals surface area contributed by atoms with Gasteiger partial charge in [0.25, 0.3) is 11.4 Å². The highest BCUT2D eigenvalue weighted by Gasteiger charge is 2.35. The molecule has 0 radical (unpaired) electrons. The van der Waals surface area contributed by atoms with E-state index in [2.05, 4.69) is 9.97 Å². The molecule has 0 bridgehead atoms. The second-order valence-electron chi connectivity index (χ2n) is 7.65. The van der Waals surface area contributed by atoms with Crippen LogP contribution in [0.15, 0.2) is 66.9 Å². The molecule has 8 nitrogen and oxygen atoms in total. The highest BCUT2D eigenvalue weighted by Crippen LogP contribution is 2.52. The number of fused-ring (bicyclic) bond motifs is 6. The molecule has 1 aliphatic rings. The molecule has 5 aromatic rings. The number of H-pyrrole nitrogens is 2. The number of nitro benzene ring substituents is 2. The lowest BCUT2D eigenvalue weighted by molar-refractivity contribution is -0.384. The number of rotatable bonds is 3. The summed E-state index contributed by atoms with van der Waals surface area (Å²) < 4.78 is 0. The Morgan fingerprint density at radius 2 is 1.45 bits per heavy atom. The molecule has 0 spiro atoms. The molecule has 2 N–H and O–H groups in total. The molecule has 2 aromatic heterocycles. The minimum atomic E-state index is -0.403. The van der Waals surface area contributed by atoms with Gasteiger partial charge in [-0.1, -0.05) is 24.3 Å². The summed E-state index contributed by atoms with van der Waals surface area (Å²) in [6.07, 6.45) is 1.88. The SMILES string of the molecule is O=[N+]([O-])c1ccc2[nH]cc(C3c4ccccc4-c4[nH]c5ccc([N+](=O)[O-])cc5c43)c2c1. The van der Waals surface area contributed by atoms with Crippen molar-refractivity contribution in [3.05, 3.63) is 104 Å². The Bertz CT molecular complexity index is 1560. The van der Waals surface area contributed by atoms with Crippen LogP contribution >= 0.6 is 0 Å². The van der Waals surface area contributed by atoms with Gasteiger partial charge in [0.15, 0.2) is 0 Å². The molecular formula is C23H14N4O4. The van der Waals surface area contributed by atoms with E-state index in [4.69, 9.17) is 0 Å². The van der Waals surface area contributed by atoms with Gasteiger partial charge in [-0.05, 0) is 28.8 Å². The quantitative estimate of drug-likeness (QED) is 0.290. The Labute approximate surface area is 174 Å². The van der Waals surface area contributed by atoms with Crippen molar-refractivity contribution >= 4 is 33.2 Å².